The summed E-state index contributed by atoms with van der Waals surface area (Å²) >= 11 is 3.41. The van der Waals surface area contributed by atoms with Gasteiger partial charge >= 0.3 is 0 Å². The Kier molecular flexibility index (Phi) is 10.2. The van der Waals surface area contributed by atoms with Gasteiger partial charge in [-0.3, -0.25) is 9.59 Å². The molecule has 8 nitrogen and oxygen atoms in total. The number of fused-ring (bicyclic) bond motifs is 1. The monoisotopic (exact) mass is 607 g/mol. The zero-order chi connectivity index (χ0) is 28.5. The zero-order valence-corrected chi connectivity index (χ0v) is 24.6. The summed E-state index contributed by atoms with van der Waals surface area (Å²) in [5.41, 5.74) is 3.59. The van der Waals surface area contributed by atoms with Crippen LogP contribution in [0.5, 0.6) is 11.5 Å². The number of H-pyrrole nitrogens is 1. The number of ether oxygens (including phenoxy) is 3. The molecule has 40 heavy (non-hydrogen) atoms. The van der Waals surface area contributed by atoms with Crippen LogP contribution in [0.15, 0.2) is 77.4 Å². The third-order valence-electron chi connectivity index (χ3n) is 6.77. The van der Waals surface area contributed by atoms with Crippen LogP contribution in [0.1, 0.15) is 21.5 Å². The number of benzene rings is 3. The Bertz CT molecular complexity index is 1440. The molecule has 0 spiro atoms. The quantitative estimate of drug-likeness (QED) is 0.223. The number of carbonyl (C=O) groups excluding carboxylic acids is 2. The van der Waals surface area contributed by atoms with E-state index in [0.717, 1.165) is 26.5 Å². The topological polar surface area (TPSA) is 84.1 Å². The molecule has 3 aromatic carbocycles. The molecule has 0 unspecified atom stereocenters. The number of hydrogen-bond donors (Lipinski definition) is 1. The fraction of sp³-hybridized carbons (Fsp3) is 0.290. The number of aromatic amines is 1. The number of methoxy groups -OCH3 is 3. The average molecular weight is 609 g/mol. The first kappa shape index (κ1) is 29.2. The van der Waals surface area contributed by atoms with Crippen LogP contribution in [0, 0.1) is 0 Å². The molecular formula is C31H34BrN3O5. The third-order valence-corrected chi connectivity index (χ3v) is 7.30. The maximum absolute atomic E-state index is 13.8. The van der Waals surface area contributed by atoms with Crippen molar-refractivity contribution in [3.05, 3.63) is 94.1 Å². The molecule has 0 saturated heterocycles. The molecule has 1 aromatic heterocycles. The summed E-state index contributed by atoms with van der Waals surface area (Å²) in [6, 6.07) is 20.9. The van der Waals surface area contributed by atoms with Gasteiger partial charge in [-0.2, -0.15) is 0 Å². The first-order chi connectivity index (χ1) is 19.4. The van der Waals surface area contributed by atoms with Crippen LogP contribution >= 0.6 is 15.9 Å². The minimum atomic E-state index is -0.222. The van der Waals surface area contributed by atoms with Crippen LogP contribution in [0.3, 0.4) is 0 Å². The van der Waals surface area contributed by atoms with Crippen molar-refractivity contribution in [2.24, 2.45) is 0 Å². The predicted octanol–water partition coefficient (Wildman–Crippen LogP) is 5.31. The Morgan fingerprint density at radius 3 is 2.35 bits per heavy atom. The van der Waals surface area contributed by atoms with E-state index >= 15 is 0 Å². The van der Waals surface area contributed by atoms with Crippen LogP contribution in [0.25, 0.3) is 10.9 Å². The minimum absolute atomic E-state index is 0.0700. The van der Waals surface area contributed by atoms with E-state index in [9.17, 15) is 9.59 Å². The number of rotatable bonds is 13. The van der Waals surface area contributed by atoms with Crippen molar-refractivity contribution >= 4 is 38.6 Å². The summed E-state index contributed by atoms with van der Waals surface area (Å²) in [5, 5.41) is 1.13. The smallest absolute Gasteiger partial charge is 0.254 e. The molecule has 1 heterocycles. The van der Waals surface area contributed by atoms with E-state index in [0.29, 0.717) is 49.7 Å². The molecule has 4 rings (SSSR count). The van der Waals surface area contributed by atoms with Crippen LogP contribution in [0.4, 0.5) is 0 Å². The lowest BCUT2D eigenvalue weighted by atomic mass is 10.1. The summed E-state index contributed by atoms with van der Waals surface area (Å²) in [6.07, 6.45) is 2.65. The zero-order valence-electron chi connectivity index (χ0n) is 23.0. The maximum atomic E-state index is 13.8. The predicted molar refractivity (Wildman–Crippen MR) is 159 cm³/mol. The molecule has 4 aromatic rings. The molecule has 0 saturated carbocycles. The summed E-state index contributed by atoms with van der Waals surface area (Å²) in [7, 11) is 4.75. The molecule has 0 aliphatic rings. The number of para-hydroxylation sites is 1. The van der Waals surface area contributed by atoms with E-state index in [4.69, 9.17) is 14.2 Å². The van der Waals surface area contributed by atoms with Gasteiger partial charge in [0.25, 0.3) is 5.91 Å². The van der Waals surface area contributed by atoms with Gasteiger partial charge in [0.05, 0.1) is 20.8 Å². The van der Waals surface area contributed by atoms with E-state index in [1.165, 1.54) is 0 Å². The second-order valence-corrected chi connectivity index (χ2v) is 10.3. The van der Waals surface area contributed by atoms with E-state index in [1.54, 1.807) is 43.3 Å². The minimum Gasteiger partial charge on any atom is -0.493 e. The van der Waals surface area contributed by atoms with Crippen LogP contribution in [-0.4, -0.2) is 74.2 Å². The van der Waals surface area contributed by atoms with E-state index in [-0.39, 0.29) is 18.4 Å². The molecule has 9 heteroatoms. The van der Waals surface area contributed by atoms with Crippen LogP contribution in [0.2, 0.25) is 0 Å². The Morgan fingerprint density at radius 1 is 0.875 bits per heavy atom. The van der Waals surface area contributed by atoms with Gasteiger partial charge in [-0.05, 0) is 60.0 Å². The lowest BCUT2D eigenvalue weighted by molar-refractivity contribution is -0.132. The molecule has 2 amide bonds. The van der Waals surface area contributed by atoms with E-state index in [2.05, 4.69) is 27.0 Å². The van der Waals surface area contributed by atoms with Crippen LogP contribution in [-0.2, 0) is 22.5 Å². The number of carbonyl (C=O) groups is 2. The number of hydrogen-bond acceptors (Lipinski definition) is 5. The molecule has 0 aliphatic heterocycles. The van der Waals surface area contributed by atoms with Crippen molar-refractivity contribution in [1.29, 1.82) is 0 Å². The van der Waals surface area contributed by atoms with E-state index < -0.39 is 0 Å². The van der Waals surface area contributed by atoms with Gasteiger partial charge in [-0.25, -0.2) is 0 Å². The van der Waals surface area contributed by atoms with Crippen molar-refractivity contribution in [1.82, 2.24) is 14.8 Å². The number of nitrogens with one attached hydrogen (secondary N) is 1. The molecule has 0 atom stereocenters. The summed E-state index contributed by atoms with van der Waals surface area (Å²) < 4.78 is 17.0. The lowest BCUT2D eigenvalue weighted by Gasteiger charge is -2.28. The molecule has 0 aliphatic carbocycles. The van der Waals surface area contributed by atoms with Gasteiger partial charge in [-0.1, -0.05) is 40.2 Å². The molecule has 0 bridgehead atoms. The average Bonchev–Trinajstić information content (AvgIpc) is 3.40. The molecule has 0 radical (unpaired) electrons. The molecule has 0 fully saturated rings. The fourth-order valence-electron chi connectivity index (χ4n) is 4.58. The lowest BCUT2D eigenvalue weighted by Crippen LogP contribution is -2.44. The summed E-state index contributed by atoms with van der Waals surface area (Å²) in [5.74, 6) is 0.835. The van der Waals surface area contributed by atoms with Gasteiger partial charge in [0, 0.05) is 53.9 Å². The maximum Gasteiger partial charge on any atom is 0.254 e. The highest BCUT2D eigenvalue weighted by Crippen LogP contribution is 2.28. The number of amides is 2. The second kappa shape index (κ2) is 14.0. The van der Waals surface area contributed by atoms with Gasteiger partial charge in [-0.15, -0.1) is 0 Å². The van der Waals surface area contributed by atoms with Crippen LogP contribution < -0.4 is 9.47 Å². The first-order valence-corrected chi connectivity index (χ1v) is 13.8. The number of aromatic nitrogens is 1. The third kappa shape index (κ3) is 7.22. The Morgan fingerprint density at radius 2 is 1.62 bits per heavy atom. The van der Waals surface area contributed by atoms with Crippen molar-refractivity contribution in [3.63, 3.8) is 0 Å². The molecule has 210 valence electrons. The highest BCUT2D eigenvalue weighted by atomic mass is 79.9. The Hall–Kier alpha value is -3.82. The van der Waals surface area contributed by atoms with Crippen molar-refractivity contribution in [3.8, 4) is 11.5 Å². The second-order valence-electron chi connectivity index (χ2n) is 9.34. The van der Waals surface area contributed by atoms with Gasteiger partial charge < -0.3 is 29.0 Å². The fourth-order valence-corrected chi connectivity index (χ4v) is 4.84. The van der Waals surface area contributed by atoms with Crippen molar-refractivity contribution < 1.29 is 23.8 Å². The van der Waals surface area contributed by atoms with Crippen molar-refractivity contribution in [2.45, 2.75) is 13.0 Å². The standard InChI is InChI=1S/C31H34BrN3O5/c1-38-17-16-35(31(37)23-9-11-25(32)12-10-23)21-30(36)34(20-22-8-13-28(39-2)29(18-22)40-3)15-14-24-19-33-27-7-5-4-6-26(24)27/h4-13,18-19,33H,14-17,20-21H2,1-3H3. The summed E-state index contributed by atoms with van der Waals surface area (Å²) in [6.45, 7) is 1.37. The highest BCUT2D eigenvalue weighted by Gasteiger charge is 2.23. The number of halogens is 1. The normalized spacial score (nSPS) is 10.9. The largest absolute Gasteiger partial charge is 0.493 e. The van der Waals surface area contributed by atoms with Gasteiger partial charge in [0.2, 0.25) is 5.91 Å². The number of nitrogens with zero attached hydrogens (tertiary/aromatic N) is 2. The Labute approximate surface area is 243 Å². The SMILES string of the molecule is COCCN(CC(=O)N(CCc1c[nH]c2ccccc12)Cc1ccc(OC)c(OC)c1)C(=O)c1ccc(Br)cc1. The van der Waals surface area contributed by atoms with E-state index in [1.807, 2.05) is 54.7 Å². The molecule has 1 N–H and O–H groups in total. The Balaban J connectivity index is 1.58. The summed E-state index contributed by atoms with van der Waals surface area (Å²) in [4.78, 5) is 33.8. The van der Waals surface area contributed by atoms with Crippen molar-refractivity contribution in [2.75, 3.05) is 47.6 Å². The van der Waals surface area contributed by atoms with Gasteiger partial charge in [0.15, 0.2) is 11.5 Å². The molecular weight excluding hydrogens is 574 g/mol. The first-order valence-electron chi connectivity index (χ1n) is 13.0. The van der Waals surface area contributed by atoms with Gasteiger partial charge in [0.1, 0.15) is 6.54 Å². The highest BCUT2D eigenvalue weighted by molar-refractivity contribution is 9.10.